The zero-order valence-corrected chi connectivity index (χ0v) is 9.75. The van der Waals surface area contributed by atoms with E-state index in [-0.39, 0.29) is 0 Å². The summed E-state index contributed by atoms with van der Waals surface area (Å²) in [7, 11) is 1.96. The topological polar surface area (TPSA) is 40.7 Å². The minimum atomic E-state index is 0.949. The molecule has 0 saturated heterocycles. The predicted molar refractivity (Wildman–Crippen MR) is 66.4 cm³/mol. The second kappa shape index (κ2) is 4.94. The molecule has 2 N–H and O–H groups in total. The van der Waals surface area contributed by atoms with Crippen LogP contribution in [0.25, 0.3) is 11.1 Å². The van der Waals surface area contributed by atoms with Gasteiger partial charge in [0, 0.05) is 24.2 Å². The maximum absolute atomic E-state index is 4.36. The smallest absolute Gasteiger partial charge is 0.0715 e. The van der Waals surface area contributed by atoms with E-state index in [2.05, 4.69) is 46.7 Å². The van der Waals surface area contributed by atoms with E-state index in [0.29, 0.717) is 0 Å². The average Bonchev–Trinajstić information content (AvgIpc) is 2.69. The van der Waals surface area contributed by atoms with Crippen LogP contribution in [0.4, 0.5) is 0 Å². The molecule has 16 heavy (non-hydrogen) atoms. The molecular weight excluding hydrogens is 198 g/mol. The summed E-state index contributed by atoms with van der Waals surface area (Å²) in [6.07, 6.45) is 0.949. The van der Waals surface area contributed by atoms with Gasteiger partial charge in [-0.3, -0.25) is 5.10 Å². The number of H-pyrrole nitrogens is 1. The van der Waals surface area contributed by atoms with Crippen LogP contribution in [0.3, 0.4) is 0 Å². The van der Waals surface area contributed by atoms with Crippen LogP contribution in [0.15, 0.2) is 30.3 Å². The van der Waals surface area contributed by atoms with E-state index in [1.165, 1.54) is 11.1 Å². The molecule has 0 aliphatic carbocycles. The fraction of sp³-hybridized carbons (Fsp3) is 0.308. The Morgan fingerprint density at radius 3 is 2.69 bits per heavy atom. The Morgan fingerprint density at radius 1 is 1.25 bits per heavy atom. The van der Waals surface area contributed by atoms with Crippen molar-refractivity contribution in [2.24, 2.45) is 0 Å². The number of aromatic nitrogens is 2. The Morgan fingerprint density at radius 2 is 2.00 bits per heavy atom. The Balaban J connectivity index is 2.35. The average molecular weight is 215 g/mol. The normalized spacial score (nSPS) is 10.6. The summed E-state index contributed by atoms with van der Waals surface area (Å²) in [6.45, 7) is 3.02. The summed E-state index contributed by atoms with van der Waals surface area (Å²) in [6, 6.07) is 10.4. The molecule has 2 aromatic rings. The molecule has 3 nitrogen and oxygen atoms in total. The number of likely N-dealkylation sites (N-methyl/N-ethyl adjacent to an activating group) is 1. The Labute approximate surface area is 95.9 Å². The highest BCUT2D eigenvalue weighted by Gasteiger charge is 2.11. The van der Waals surface area contributed by atoms with E-state index in [0.717, 1.165) is 24.4 Å². The lowest BCUT2D eigenvalue weighted by Gasteiger charge is -2.03. The maximum Gasteiger partial charge on any atom is 0.0715 e. The number of aromatic amines is 1. The molecule has 1 aromatic carbocycles. The molecule has 0 atom stereocenters. The van der Waals surface area contributed by atoms with Crippen molar-refractivity contribution in [3.8, 4) is 11.1 Å². The minimum Gasteiger partial charge on any atom is -0.319 e. The van der Waals surface area contributed by atoms with Crippen LogP contribution < -0.4 is 5.32 Å². The van der Waals surface area contributed by atoms with Crippen molar-refractivity contribution in [2.45, 2.75) is 13.3 Å². The molecule has 1 aromatic heterocycles. The second-order valence-corrected chi connectivity index (χ2v) is 3.89. The molecule has 0 saturated carbocycles. The van der Waals surface area contributed by atoms with Crippen LogP contribution in [-0.2, 0) is 6.42 Å². The summed E-state index contributed by atoms with van der Waals surface area (Å²) in [5.74, 6) is 0. The van der Waals surface area contributed by atoms with E-state index in [9.17, 15) is 0 Å². The van der Waals surface area contributed by atoms with Crippen LogP contribution in [0.1, 0.15) is 11.4 Å². The van der Waals surface area contributed by atoms with E-state index in [1.807, 2.05) is 13.1 Å². The number of aryl methyl sites for hydroxylation is 1. The molecule has 0 unspecified atom stereocenters. The first-order valence-electron chi connectivity index (χ1n) is 5.57. The minimum absolute atomic E-state index is 0.949. The van der Waals surface area contributed by atoms with Gasteiger partial charge in [0.25, 0.3) is 0 Å². The van der Waals surface area contributed by atoms with Crippen LogP contribution in [0, 0.1) is 6.92 Å². The van der Waals surface area contributed by atoms with Crippen molar-refractivity contribution in [2.75, 3.05) is 13.6 Å². The third-order valence-electron chi connectivity index (χ3n) is 2.70. The third-order valence-corrected chi connectivity index (χ3v) is 2.70. The van der Waals surface area contributed by atoms with Crippen LogP contribution in [-0.4, -0.2) is 23.8 Å². The molecule has 3 heteroatoms. The lowest BCUT2D eigenvalue weighted by atomic mass is 10.0. The van der Waals surface area contributed by atoms with Gasteiger partial charge in [0.05, 0.1) is 5.69 Å². The number of rotatable bonds is 4. The summed E-state index contributed by atoms with van der Waals surface area (Å²) >= 11 is 0. The predicted octanol–water partition coefficient (Wildman–Crippen LogP) is 2.15. The highest BCUT2D eigenvalue weighted by Crippen LogP contribution is 2.25. The van der Waals surface area contributed by atoms with Gasteiger partial charge in [-0.1, -0.05) is 30.3 Å². The SMILES string of the molecule is CNCCc1n[nH]c(C)c1-c1ccccc1. The van der Waals surface area contributed by atoms with E-state index >= 15 is 0 Å². The number of hydrogen-bond donors (Lipinski definition) is 2. The first kappa shape index (κ1) is 10.9. The van der Waals surface area contributed by atoms with E-state index < -0.39 is 0 Å². The van der Waals surface area contributed by atoms with E-state index in [1.54, 1.807) is 0 Å². The van der Waals surface area contributed by atoms with Crippen molar-refractivity contribution >= 4 is 0 Å². The van der Waals surface area contributed by atoms with Gasteiger partial charge in [0.1, 0.15) is 0 Å². The first-order chi connectivity index (χ1) is 7.83. The Bertz CT molecular complexity index is 445. The first-order valence-corrected chi connectivity index (χ1v) is 5.57. The van der Waals surface area contributed by atoms with Crippen molar-refractivity contribution < 1.29 is 0 Å². The largest absolute Gasteiger partial charge is 0.319 e. The van der Waals surface area contributed by atoms with Crippen LogP contribution in [0.2, 0.25) is 0 Å². The molecule has 1 heterocycles. The van der Waals surface area contributed by atoms with Crippen molar-refractivity contribution in [3.63, 3.8) is 0 Å². The quantitative estimate of drug-likeness (QED) is 0.820. The fourth-order valence-corrected chi connectivity index (χ4v) is 1.89. The summed E-state index contributed by atoms with van der Waals surface area (Å²) in [5.41, 5.74) is 4.76. The molecule has 0 amide bonds. The van der Waals surface area contributed by atoms with Crippen molar-refractivity contribution in [1.29, 1.82) is 0 Å². The lowest BCUT2D eigenvalue weighted by Crippen LogP contribution is -2.11. The molecule has 0 aliphatic heterocycles. The molecule has 0 spiro atoms. The number of nitrogens with zero attached hydrogens (tertiary/aromatic N) is 1. The fourth-order valence-electron chi connectivity index (χ4n) is 1.89. The van der Waals surface area contributed by atoms with Gasteiger partial charge >= 0.3 is 0 Å². The van der Waals surface area contributed by atoms with E-state index in [4.69, 9.17) is 0 Å². The van der Waals surface area contributed by atoms with Gasteiger partial charge in [-0.25, -0.2) is 0 Å². The highest BCUT2D eigenvalue weighted by molar-refractivity contribution is 5.68. The maximum atomic E-state index is 4.36. The molecule has 2 rings (SSSR count). The monoisotopic (exact) mass is 215 g/mol. The number of benzene rings is 1. The van der Waals surface area contributed by atoms with Gasteiger partial charge in [-0.15, -0.1) is 0 Å². The van der Waals surface area contributed by atoms with Gasteiger partial charge < -0.3 is 5.32 Å². The molecule has 0 bridgehead atoms. The van der Waals surface area contributed by atoms with Gasteiger partial charge in [0.2, 0.25) is 0 Å². The van der Waals surface area contributed by atoms with Crippen molar-refractivity contribution in [3.05, 3.63) is 41.7 Å². The summed E-state index contributed by atoms with van der Waals surface area (Å²) in [5, 5.41) is 10.6. The molecule has 84 valence electrons. The van der Waals surface area contributed by atoms with Crippen LogP contribution >= 0.6 is 0 Å². The van der Waals surface area contributed by atoms with Crippen molar-refractivity contribution in [1.82, 2.24) is 15.5 Å². The van der Waals surface area contributed by atoms with Gasteiger partial charge in [-0.05, 0) is 19.5 Å². The third kappa shape index (κ3) is 2.14. The summed E-state index contributed by atoms with van der Waals surface area (Å²) < 4.78 is 0. The van der Waals surface area contributed by atoms with Gasteiger partial charge in [-0.2, -0.15) is 5.10 Å². The number of nitrogens with one attached hydrogen (secondary N) is 2. The molecule has 0 aliphatic rings. The molecular formula is C13H17N3. The lowest BCUT2D eigenvalue weighted by molar-refractivity contribution is 0.773. The van der Waals surface area contributed by atoms with Crippen LogP contribution in [0.5, 0.6) is 0 Å². The zero-order valence-electron chi connectivity index (χ0n) is 9.75. The van der Waals surface area contributed by atoms with Gasteiger partial charge in [0.15, 0.2) is 0 Å². The Kier molecular flexibility index (Phi) is 3.37. The molecule has 0 fully saturated rings. The Hall–Kier alpha value is -1.61. The summed E-state index contributed by atoms with van der Waals surface area (Å²) in [4.78, 5) is 0. The molecule has 0 radical (unpaired) electrons. The highest BCUT2D eigenvalue weighted by atomic mass is 15.1. The standard InChI is InChI=1S/C13H17N3/c1-10-13(11-6-4-3-5-7-11)12(16-15-10)8-9-14-2/h3-7,14H,8-9H2,1-2H3,(H,15,16). The second-order valence-electron chi connectivity index (χ2n) is 3.89. The zero-order chi connectivity index (χ0) is 11.4. The number of hydrogen-bond acceptors (Lipinski definition) is 2.